The molecule has 1 unspecified atom stereocenters. The van der Waals surface area contributed by atoms with Crippen LogP contribution >= 0.6 is 22.9 Å². The molecular formula is C14H17ClN2S. The molecule has 1 atom stereocenters. The Labute approximate surface area is 117 Å². The fourth-order valence-corrected chi connectivity index (χ4v) is 3.22. The molecule has 0 bridgehead atoms. The summed E-state index contributed by atoms with van der Waals surface area (Å²) in [5.74, 6) is 0. The Kier molecular flexibility index (Phi) is 4.27. The van der Waals surface area contributed by atoms with Crippen molar-refractivity contribution < 1.29 is 0 Å². The Hall–Kier alpha value is -1.03. The molecule has 0 radical (unpaired) electrons. The number of nitrogens with zero attached hydrogens (tertiary/aromatic N) is 1. The van der Waals surface area contributed by atoms with Crippen molar-refractivity contribution in [2.45, 2.75) is 13.0 Å². The molecule has 0 aliphatic heterocycles. The molecule has 2 rings (SSSR count). The van der Waals surface area contributed by atoms with Crippen LogP contribution in [0.15, 0.2) is 36.4 Å². The van der Waals surface area contributed by atoms with Gasteiger partial charge >= 0.3 is 0 Å². The Balaban J connectivity index is 2.28. The maximum Gasteiger partial charge on any atom is 0.0932 e. The van der Waals surface area contributed by atoms with Crippen LogP contribution in [0.25, 0.3) is 0 Å². The Morgan fingerprint density at radius 1 is 1.33 bits per heavy atom. The molecule has 18 heavy (non-hydrogen) atoms. The zero-order valence-corrected chi connectivity index (χ0v) is 12.1. The minimum atomic E-state index is 0.171. The van der Waals surface area contributed by atoms with Crippen molar-refractivity contribution >= 4 is 28.6 Å². The average Bonchev–Trinajstić information content (AvgIpc) is 2.76. The Morgan fingerprint density at radius 2 is 2.11 bits per heavy atom. The van der Waals surface area contributed by atoms with Gasteiger partial charge < -0.3 is 10.6 Å². The molecule has 1 aromatic heterocycles. The molecule has 1 aromatic carbocycles. The number of thiophene rings is 1. The van der Waals surface area contributed by atoms with Gasteiger partial charge in [0.15, 0.2) is 0 Å². The molecular weight excluding hydrogens is 264 g/mol. The van der Waals surface area contributed by atoms with Gasteiger partial charge in [-0.2, -0.15) is 0 Å². The molecule has 2 N–H and O–H groups in total. The number of anilines is 1. The minimum absolute atomic E-state index is 0.171. The molecule has 2 aromatic rings. The molecule has 96 valence electrons. The second-order valence-electron chi connectivity index (χ2n) is 4.34. The van der Waals surface area contributed by atoms with Crippen molar-refractivity contribution in [3.8, 4) is 0 Å². The number of hydrogen-bond acceptors (Lipinski definition) is 3. The number of halogens is 1. The molecule has 0 aliphatic carbocycles. The summed E-state index contributed by atoms with van der Waals surface area (Å²) in [7, 11) is 2.07. The summed E-state index contributed by atoms with van der Waals surface area (Å²) in [5, 5.41) is 0. The molecule has 0 saturated heterocycles. The monoisotopic (exact) mass is 280 g/mol. The van der Waals surface area contributed by atoms with Gasteiger partial charge in [-0.3, -0.25) is 0 Å². The lowest BCUT2D eigenvalue weighted by molar-refractivity contribution is 0.692. The highest BCUT2D eigenvalue weighted by atomic mass is 35.5. The van der Waals surface area contributed by atoms with Crippen molar-refractivity contribution in [2.24, 2.45) is 5.73 Å². The zero-order chi connectivity index (χ0) is 13.1. The lowest BCUT2D eigenvalue weighted by atomic mass is 10.1. The van der Waals surface area contributed by atoms with Crippen LogP contribution in [0, 0.1) is 6.92 Å². The lowest BCUT2D eigenvalue weighted by Crippen LogP contribution is -2.29. The van der Waals surface area contributed by atoms with Crippen molar-refractivity contribution in [3.05, 3.63) is 51.2 Å². The Morgan fingerprint density at radius 3 is 2.67 bits per heavy atom. The van der Waals surface area contributed by atoms with E-state index in [1.54, 1.807) is 11.3 Å². The van der Waals surface area contributed by atoms with Crippen LogP contribution in [0.2, 0.25) is 4.34 Å². The molecule has 0 fully saturated rings. The minimum Gasteiger partial charge on any atom is -0.365 e. The molecule has 1 heterocycles. The van der Waals surface area contributed by atoms with Gasteiger partial charge in [-0.05, 0) is 36.8 Å². The van der Waals surface area contributed by atoms with Crippen molar-refractivity contribution in [3.63, 3.8) is 0 Å². The van der Waals surface area contributed by atoms with Crippen LogP contribution < -0.4 is 10.6 Å². The van der Waals surface area contributed by atoms with E-state index in [0.717, 1.165) is 4.34 Å². The lowest BCUT2D eigenvalue weighted by Gasteiger charge is -2.28. The highest BCUT2D eigenvalue weighted by Crippen LogP contribution is 2.32. The van der Waals surface area contributed by atoms with Crippen molar-refractivity contribution in [2.75, 3.05) is 18.5 Å². The van der Waals surface area contributed by atoms with Gasteiger partial charge in [0, 0.05) is 24.2 Å². The quantitative estimate of drug-likeness (QED) is 0.922. The predicted octanol–water partition coefficient (Wildman–Crippen LogP) is 3.85. The van der Waals surface area contributed by atoms with Crippen LogP contribution in [0.5, 0.6) is 0 Å². The average molecular weight is 281 g/mol. The van der Waals surface area contributed by atoms with E-state index >= 15 is 0 Å². The first-order valence-electron chi connectivity index (χ1n) is 5.86. The number of benzene rings is 1. The van der Waals surface area contributed by atoms with Crippen LogP contribution in [-0.4, -0.2) is 13.6 Å². The van der Waals surface area contributed by atoms with E-state index in [4.69, 9.17) is 17.3 Å². The Bertz CT molecular complexity index is 524. The SMILES string of the molecule is Cc1cccc(N(C)C(CN)c2ccc(Cl)s2)c1. The van der Waals surface area contributed by atoms with E-state index in [2.05, 4.69) is 49.2 Å². The van der Waals surface area contributed by atoms with Gasteiger partial charge in [0.1, 0.15) is 0 Å². The maximum absolute atomic E-state index is 6.00. The number of rotatable bonds is 4. The third kappa shape index (κ3) is 2.86. The highest BCUT2D eigenvalue weighted by molar-refractivity contribution is 7.16. The fourth-order valence-electron chi connectivity index (χ4n) is 2.00. The third-order valence-electron chi connectivity index (χ3n) is 3.02. The second kappa shape index (κ2) is 5.74. The van der Waals surface area contributed by atoms with Gasteiger partial charge in [-0.25, -0.2) is 0 Å². The smallest absolute Gasteiger partial charge is 0.0932 e. The number of hydrogen-bond donors (Lipinski definition) is 1. The summed E-state index contributed by atoms with van der Waals surface area (Å²) in [6.07, 6.45) is 0. The predicted molar refractivity (Wildman–Crippen MR) is 80.7 cm³/mol. The molecule has 2 nitrogen and oxygen atoms in total. The summed E-state index contributed by atoms with van der Waals surface area (Å²) < 4.78 is 0.807. The summed E-state index contributed by atoms with van der Waals surface area (Å²) in [5.41, 5.74) is 8.34. The first-order valence-corrected chi connectivity index (χ1v) is 7.06. The second-order valence-corrected chi connectivity index (χ2v) is 6.09. The van der Waals surface area contributed by atoms with Crippen molar-refractivity contribution in [1.82, 2.24) is 0 Å². The van der Waals surface area contributed by atoms with Gasteiger partial charge in [0.25, 0.3) is 0 Å². The number of aryl methyl sites for hydroxylation is 1. The summed E-state index contributed by atoms with van der Waals surface area (Å²) in [6.45, 7) is 2.66. The van der Waals surface area contributed by atoms with E-state index in [0.29, 0.717) is 6.54 Å². The standard InChI is InChI=1S/C14H17ClN2S/c1-10-4-3-5-11(8-10)17(2)12(9-16)13-6-7-14(15)18-13/h3-8,12H,9,16H2,1-2H3. The zero-order valence-electron chi connectivity index (χ0n) is 10.6. The van der Waals surface area contributed by atoms with Crippen molar-refractivity contribution in [1.29, 1.82) is 0 Å². The van der Waals surface area contributed by atoms with Crippen LogP contribution in [0.4, 0.5) is 5.69 Å². The highest BCUT2D eigenvalue weighted by Gasteiger charge is 2.17. The fraction of sp³-hybridized carbons (Fsp3) is 0.286. The van der Waals surface area contributed by atoms with Gasteiger partial charge in [0.2, 0.25) is 0 Å². The van der Waals surface area contributed by atoms with Gasteiger partial charge in [0.05, 0.1) is 10.4 Å². The summed E-state index contributed by atoms with van der Waals surface area (Å²) in [4.78, 5) is 3.40. The number of nitrogens with two attached hydrogens (primary N) is 1. The molecule has 0 amide bonds. The molecule has 0 spiro atoms. The van der Waals surface area contributed by atoms with E-state index < -0.39 is 0 Å². The van der Waals surface area contributed by atoms with E-state index in [1.165, 1.54) is 16.1 Å². The normalized spacial score (nSPS) is 12.4. The van der Waals surface area contributed by atoms with Crippen LogP contribution in [-0.2, 0) is 0 Å². The summed E-state index contributed by atoms with van der Waals surface area (Å²) in [6, 6.07) is 12.6. The summed E-state index contributed by atoms with van der Waals surface area (Å²) >= 11 is 7.59. The first-order chi connectivity index (χ1) is 8.61. The maximum atomic E-state index is 6.00. The van der Waals surface area contributed by atoms with Gasteiger partial charge in [-0.1, -0.05) is 23.7 Å². The third-order valence-corrected chi connectivity index (χ3v) is 4.35. The van der Waals surface area contributed by atoms with E-state index in [-0.39, 0.29) is 6.04 Å². The topological polar surface area (TPSA) is 29.3 Å². The first kappa shape index (κ1) is 13.4. The van der Waals surface area contributed by atoms with Crippen LogP contribution in [0.3, 0.4) is 0 Å². The molecule has 4 heteroatoms. The van der Waals surface area contributed by atoms with E-state index in [1.807, 2.05) is 6.07 Å². The largest absolute Gasteiger partial charge is 0.365 e. The van der Waals surface area contributed by atoms with Gasteiger partial charge in [-0.15, -0.1) is 11.3 Å². The molecule has 0 saturated carbocycles. The van der Waals surface area contributed by atoms with Crippen LogP contribution in [0.1, 0.15) is 16.5 Å². The molecule has 0 aliphatic rings. The van der Waals surface area contributed by atoms with E-state index in [9.17, 15) is 0 Å². The number of likely N-dealkylation sites (N-methyl/N-ethyl adjacent to an activating group) is 1.